The number of hydrogen-bond donors (Lipinski definition) is 0. The molecule has 7 heteroatoms. The van der Waals surface area contributed by atoms with Gasteiger partial charge in [0.2, 0.25) is 11.8 Å². The number of carbonyl (C=O) groups excluding carboxylic acids is 2. The monoisotopic (exact) mass is 401 g/mol. The second-order valence-electron chi connectivity index (χ2n) is 8.58. The van der Waals surface area contributed by atoms with Crippen LogP contribution in [0.1, 0.15) is 24.8 Å². The molecule has 0 N–H and O–H groups in total. The molecule has 3 fully saturated rings. The van der Waals surface area contributed by atoms with Gasteiger partial charge in [-0.2, -0.15) is 0 Å². The largest absolute Gasteiger partial charge is 0.496 e. The molecule has 7 nitrogen and oxygen atoms in total. The zero-order valence-corrected chi connectivity index (χ0v) is 17.4. The number of para-hydroxylation sites is 1. The fourth-order valence-corrected chi connectivity index (χ4v) is 4.75. The Balaban J connectivity index is 1.39. The summed E-state index contributed by atoms with van der Waals surface area (Å²) in [5.41, 5.74) is 0.758. The van der Waals surface area contributed by atoms with Crippen molar-refractivity contribution in [1.29, 1.82) is 0 Å². The third-order valence-corrected chi connectivity index (χ3v) is 6.58. The lowest BCUT2D eigenvalue weighted by atomic mass is 9.89. The van der Waals surface area contributed by atoms with Crippen molar-refractivity contribution < 1.29 is 19.1 Å². The Morgan fingerprint density at radius 3 is 2.76 bits per heavy atom. The number of rotatable bonds is 4. The van der Waals surface area contributed by atoms with Gasteiger partial charge >= 0.3 is 0 Å². The lowest BCUT2D eigenvalue weighted by Gasteiger charge is -2.47. The van der Waals surface area contributed by atoms with Crippen LogP contribution in [0.3, 0.4) is 0 Å². The first-order chi connectivity index (χ1) is 14.0. The van der Waals surface area contributed by atoms with Crippen LogP contribution < -0.4 is 4.74 Å². The van der Waals surface area contributed by atoms with Crippen molar-refractivity contribution in [2.24, 2.45) is 5.92 Å². The number of ether oxygens (including phenoxy) is 2. The molecule has 3 aliphatic rings. The highest BCUT2D eigenvalue weighted by Crippen LogP contribution is 2.32. The van der Waals surface area contributed by atoms with E-state index in [9.17, 15) is 9.59 Å². The van der Waals surface area contributed by atoms with Crippen LogP contribution in [0.5, 0.6) is 5.75 Å². The Hall–Kier alpha value is -2.12. The normalized spacial score (nSPS) is 24.9. The van der Waals surface area contributed by atoms with E-state index in [4.69, 9.17) is 9.47 Å². The molecule has 0 radical (unpaired) electrons. The van der Waals surface area contributed by atoms with Gasteiger partial charge in [0.25, 0.3) is 0 Å². The van der Waals surface area contributed by atoms with E-state index < -0.39 is 0 Å². The van der Waals surface area contributed by atoms with E-state index in [1.54, 1.807) is 12.0 Å². The van der Waals surface area contributed by atoms with Crippen LogP contribution in [0.4, 0.5) is 0 Å². The molecular weight excluding hydrogens is 370 g/mol. The number of piperidine rings is 1. The van der Waals surface area contributed by atoms with Gasteiger partial charge in [-0.25, -0.2) is 0 Å². The number of amides is 2. The molecule has 2 amide bonds. The summed E-state index contributed by atoms with van der Waals surface area (Å²) in [7, 11) is 3.76. The maximum atomic E-state index is 13.2. The zero-order chi connectivity index (χ0) is 20.4. The third-order valence-electron chi connectivity index (χ3n) is 6.58. The maximum absolute atomic E-state index is 13.2. The molecule has 3 heterocycles. The van der Waals surface area contributed by atoms with Crippen LogP contribution in [0.2, 0.25) is 0 Å². The number of nitrogens with zero attached hydrogens (tertiary/aromatic N) is 3. The lowest BCUT2D eigenvalue weighted by Crippen LogP contribution is -2.58. The van der Waals surface area contributed by atoms with Gasteiger partial charge in [-0.3, -0.25) is 9.59 Å². The summed E-state index contributed by atoms with van der Waals surface area (Å²) in [6, 6.07) is 7.72. The molecule has 3 aliphatic heterocycles. The number of morpholine rings is 1. The standard InChI is InChI=1S/C22H31N3O4/c1-23-9-7-22(8-10-23)16-24(11-12-29-22)21(27)18-13-20(26)25(15-18)14-17-5-3-4-6-19(17)28-2/h3-6,18H,7-16H2,1-2H3. The van der Waals surface area contributed by atoms with Gasteiger partial charge in [-0.05, 0) is 26.0 Å². The molecule has 29 heavy (non-hydrogen) atoms. The van der Waals surface area contributed by atoms with E-state index in [2.05, 4.69) is 11.9 Å². The Bertz CT molecular complexity index is 760. The minimum atomic E-state index is -0.265. The first-order valence-corrected chi connectivity index (χ1v) is 10.5. The average Bonchev–Trinajstić information content (AvgIpc) is 3.11. The highest BCUT2D eigenvalue weighted by molar-refractivity contribution is 5.89. The zero-order valence-electron chi connectivity index (χ0n) is 17.4. The summed E-state index contributed by atoms with van der Waals surface area (Å²) < 4.78 is 11.5. The molecule has 0 aliphatic carbocycles. The van der Waals surface area contributed by atoms with Crippen LogP contribution in [0.25, 0.3) is 0 Å². The molecule has 158 valence electrons. The van der Waals surface area contributed by atoms with Gasteiger partial charge in [0.15, 0.2) is 0 Å². The topological polar surface area (TPSA) is 62.3 Å². The van der Waals surface area contributed by atoms with Crippen molar-refractivity contribution in [3.05, 3.63) is 29.8 Å². The average molecular weight is 402 g/mol. The molecule has 4 rings (SSSR count). The second kappa shape index (κ2) is 8.32. The molecule has 1 unspecified atom stereocenters. The second-order valence-corrected chi connectivity index (χ2v) is 8.58. The molecule has 0 saturated carbocycles. The smallest absolute Gasteiger partial charge is 0.228 e. The first kappa shape index (κ1) is 20.2. The van der Waals surface area contributed by atoms with Gasteiger partial charge in [-0.1, -0.05) is 18.2 Å². The Kier molecular flexibility index (Phi) is 5.79. The van der Waals surface area contributed by atoms with Crippen molar-refractivity contribution >= 4 is 11.8 Å². The van der Waals surface area contributed by atoms with Gasteiger partial charge in [0.1, 0.15) is 5.75 Å². The minimum Gasteiger partial charge on any atom is -0.496 e. The van der Waals surface area contributed by atoms with Crippen LogP contribution in [0.15, 0.2) is 24.3 Å². The SMILES string of the molecule is COc1ccccc1CN1CC(C(=O)N2CCOC3(CCN(C)CC3)C2)CC1=O. The van der Waals surface area contributed by atoms with Crippen LogP contribution in [-0.2, 0) is 20.9 Å². The highest BCUT2D eigenvalue weighted by Gasteiger charge is 2.43. The van der Waals surface area contributed by atoms with Crippen LogP contribution in [-0.4, -0.2) is 85.6 Å². The molecule has 3 saturated heterocycles. The number of hydrogen-bond acceptors (Lipinski definition) is 5. The van der Waals surface area contributed by atoms with E-state index in [-0.39, 0.29) is 23.3 Å². The van der Waals surface area contributed by atoms with Gasteiger partial charge < -0.3 is 24.2 Å². The quantitative estimate of drug-likeness (QED) is 0.763. The van der Waals surface area contributed by atoms with Gasteiger partial charge in [0.05, 0.1) is 25.2 Å². The molecule has 0 aromatic heterocycles. The summed E-state index contributed by atoms with van der Waals surface area (Å²) >= 11 is 0. The summed E-state index contributed by atoms with van der Waals surface area (Å²) in [5.74, 6) is 0.644. The lowest BCUT2D eigenvalue weighted by molar-refractivity contribution is -0.161. The Morgan fingerprint density at radius 1 is 1.24 bits per heavy atom. The predicted octanol–water partition coefficient (Wildman–Crippen LogP) is 1.37. The molecule has 1 atom stereocenters. The molecule has 0 bridgehead atoms. The summed E-state index contributed by atoms with van der Waals surface area (Å²) in [6.45, 7) is 4.80. The molecule has 1 aromatic carbocycles. The van der Waals surface area contributed by atoms with Crippen LogP contribution >= 0.6 is 0 Å². The van der Waals surface area contributed by atoms with E-state index in [1.165, 1.54) is 0 Å². The van der Waals surface area contributed by atoms with Crippen LogP contribution in [0, 0.1) is 5.92 Å². The number of likely N-dealkylation sites (tertiary alicyclic amines) is 2. The summed E-state index contributed by atoms with van der Waals surface area (Å²) in [6.07, 6.45) is 2.20. The van der Waals surface area contributed by atoms with E-state index >= 15 is 0 Å². The summed E-state index contributed by atoms with van der Waals surface area (Å²) in [4.78, 5) is 31.8. The van der Waals surface area contributed by atoms with E-state index in [1.807, 2.05) is 29.2 Å². The summed E-state index contributed by atoms with van der Waals surface area (Å²) in [5, 5.41) is 0. The fraction of sp³-hybridized carbons (Fsp3) is 0.636. The van der Waals surface area contributed by atoms with Crippen molar-refractivity contribution in [1.82, 2.24) is 14.7 Å². The first-order valence-electron chi connectivity index (χ1n) is 10.5. The van der Waals surface area contributed by atoms with Gasteiger partial charge in [0, 0.05) is 51.3 Å². The third kappa shape index (κ3) is 4.26. The molecule has 1 spiro atoms. The maximum Gasteiger partial charge on any atom is 0.228 e. The number of carbonyl (C=O) groups is 2. The Morgan fingerprint density at radius 2 is 2.00 bits per heavy atom. The molecule has 1 aromatic rings. The van der Waals surface area contributed by atoms with E-state index in [0.29, 0.717) is 39.2 Å². The fourth-order valence-electron chi connectivity index (χ4n) is 4.75. The highest BCUT2D eigenvalue weighted by atomic mass is 16.5. The number of methoxy groups -OCH3 is 1. The Labute approximate surface area is 172 Å². The van der Waals surface area contributed by atoms with E-state index in [0.717, 1.165) is 37.2 Å². The van der Waals surface area contributed by atoms with Crippen molar-refractivity contribution in [2.45, 2.75) is 31.4 Å². The molecular formula is C22H31N3O4. The van der Waals surface area contributed by atoms with Crippen molar-refractivity contribution in [3.8, 4) is 5.75 Å². The minimum absolute atomic E-state index is 0.0384. The van der Waals surface area contributed by atoms with Crippen molar-refractivity contribution in [3.63, 3.8) is 0 Å². The van der Waals surface area contributed by atoms with Gasteiger partial charge in [-0.15, -0.1) is 0 Å². The predicted molar refractivity (Wildman–Crippen MR) is 109 cm³/mol. The van der Waals surface area contributed by atoms with Crippen molar-refractivity contribution in [2.75, 3.05) is 53.5 Å². The number of benzene rings is 1.